The Morgan fingerprint density at radius 3 is 2.71 bits per heavy atom. The summed E-state index contributed by atoms with van der Waals surface area (Å²) in [5, 5.41) is 3.60. The fraction of sp³-hybridized carbons (Fsp3) is 0.294. The first-order chi connectivity index (χ1) is 11.5. The molecular weight excluding hydrogens is 439 g/mol. The van der Waals surface area contributed by atoms with E-state index in [1.165, 1.54) is 0 Å². The van der Waals surface area contributed by atoms with Crippen molar-refractivity contribution in [3.63, 3.8) is 0 Å². The molecule has 1 aromatic heterocycles. The van der Waals surface area contributed by atoms with Crippen molar-refractivity contribution in [2.24, 2.45) is 0 Å². The quantitative estimate of drug-likeness (QED) is 0.693. The van der Waals surface area contributed by atoms with Crippen LogP contribution in [0.3, 0.4) is 0 Å². The number of piperazine rings is 1. The summed E-state index contributed by atoms with van der Waals surface area (Å²) in [5.74, 6) is 0.781. The van der Waals surface area contributed by atoms with E-state index in [2.05, 4.69) is 37.8 Å². The molecular formula is C17H18ClIN4O. The number of amides is 2. The van der Waals surface area contributed by atoms with E-state index < -0.39 is 0 Å². The third-order valence-corrected chi connectivity index (χ3v) is 5.04. The predicted octanol–water partition coefficient (Wildman–Crippen LogP) is 4.08. The summed E-state index contributed by atoms with van der Waals surface area (Å²) in [6, 6.07) is 11.4. The smallest absolute Gasteiger partial charge is 0.322 e. The van der Waals surface area contributed by atoms with Crippen LogP contribution in [0, 0.1) is 3.57 Å². The second-order valence-corrected chi connectivity index (χ2v) is 7.39. The monoisotopic (exact) mass is 456 g/mol. The number of anilines is 2. The number of nitrogens with zero attached hydrogens (tertiary/aromatic N) is 3. The van der Waals surface area contributed by atoms with Crippen LogP contribution in [0.4, 0.5) is 16.3 Å². The summed E-state index contributed by atoms with van der Waals surface area (Å²) in [4.78, 5) is 20.9. The number of hydrogen-bond acceptors (Lipinski definition) is 3. The van der Waals surface area contributed by atoms with Crippen LogP contribution in [0.1, 0.15) is 6.92 Å². The number of hydrogen-bond donors (Lipinski definition) is 1. The van der Waals surface area contributed by atoms with Crippen molar-refractivity contribution in [2.75, 3.05) is 29.9 Å². The van der Waals surface area contributed by atoms with E-state index in [1.54, 1.807) is 6.20 Å². The average molecular weight is 457 g/mol. The van der Waals surface area contributed by atoms with Gasteiger partial charge in [0.15, 0.2) is 0 Å². The molecule has 1 unspecified atom stereocenters. The highest BCUT2D eigenvalue weighted by molar-refractivity contribution is 14.1. The molecule has 1 saturated heterocycles. The molecule has 2 aromatic rings. The molecule has 1 aliphatic heterocycles. The van der Waals surface area contributed by atoms with E-state index in [4.69, 9.17) is 11.6 Å². The Labute approximate surface area is 160 Å². The fourth-order valence-corrected chi connectivity index (χ4v) is 3.39. The van der Waals surface area contributed by atoms with Gasteiger partial charge >= 0.3 is 6.03 Å². The molecule has 0 bridgehead atoms. The van der Waals surface area contributed by atoms with Gasteiger partial charge in [-0.05, 0) is 65.9 Å². The Hall–Kier alpha value is -1.54. The van der Waals surface area contributed by atoms with Gasteiger partial charge in [-0.2, -0.15) is 0 Å². The van der Waals surface area contributed by atoms with Gasteiger partial charge in [0.2, 0.25) is 0 Å². The molecule has 1 aliphatic rings. The molecule has 1 aromatic carbocycles. The normalized spacial score (nSPS) is 17.7. The largest absolute Gasteiger partial charge is 0.352 e. The molecule has 0 saturated carbocycles. The number of nitrogens with one attached hydrogen (secondary N) is 1. The predicted molar refractivity (Wildman–Crippen MR) is 106 cm³/mol. The van der Waals surface area contributed by atoms with Crippen LogP contribution in [0.5, 0.6) is 0 Å². The van der Waals surface area contributed by atoms with Crippen molar-refractivity contribution in [3.05, 3.63) is 51.2 Å². The van der Waals surface area contributed by atoms with Crippen LogP contribution in [0.2, 0.25) is 5.02 Å². The van der Waals surface area contributed by atoms with Crippen LogP contribution >= 0.6 is 34.2 Å². The lowest BCUT2D eigenvalue weighted by atomic mass is 10.2. The summed E-state index contributed by atoms with van der Waals surface area (Å²) >= 11 is 8.47. The molecule has 0 spiro atoms. The number of benzene rings is 1. The maximum absolute atomic E-state index is 12.5. The topological polar surface area (TPSA) is 48.5 Å². The summed E-state index contributed by atoms with van der Waals surface area (Å²) < 4.78 is 1.14. The SMILES string of the molecule is CC1CN(c2ncccc2Cl)CCN1C(=O)Nc1ccc(I)cc1. The van der Waals surface area contributed by atoms with Crippen LogP contribution < -0.4 is 10.2 Å². The van der Waals surface area contributed by atoms with Crippen LogP contribution in [-0.2, 0) is 0 Å². The van der Waals surface area contributed by atoms with Gasteiger partial charge in [0, 0.05) is 41.1 Å². The molecule has 2 heterocycles. The lowest BCUT2D eigenvalue weighted by Crippen LogP contribution is -2.55. The zero-order chi connectivity index (χ0) is 17.1. The first kappa shape index (κ1) is 17.3. The van der Waals surface area contributed by atoms with Crippen LogP contribution in [-0.4, -0.2) is 41.6 Å². The Morgan fingerprint density at radius 2 is 2.04 bits per heavy atom. The van der Waals surface area contributed by atoms with E-state index in [0.717, 1.165) is 15.1 Å². The van der Waals surface area contributed by atoms with Crippen molar-refractivity contribution >= 4 is 51.7 Å². The number of urea groups is 1. The minimum Gasteiger partial charge on any atom is -0.352 e. The summed E-state index contributed by atoms with van der Waals surface area (Å²) in [6.07, 6.45) is 1.74. The third-order valence-electron chi connectivity index (χ3n) is 4.02. The van der Waals surface area contributed by atoms with Gasteiger partial charge in [-0.15, -0.1) is 0 Å². The Balaban J connectivity index is 1.64. The van der Waals surface area contributed by atoms with Gasteiger partial charge in [-0.1, -0.05) is 11.6 Å². The highest BCUT2D eigenvalue weighted by Gasteiger charge is 2.28. The van der Waals surface area contributed by atoms with Crippen molar-refractivity contribution in [2.45, 2.75) is 13.0 Å². The summed E-state index contributed by atoms with van der Waals surface area (Å²) in [5.41, 5.74) is 0.808. The molecule has 0 radical (unpaired) electrons. The molecule has 0 aliphatic carbocycles. The number of halogens is 2. The van der Waals surface area contributed by atoms with Gasteiger partial charge in [0.25, 0.3) is 0 Å². The number of carbonyl (C=O) groups is 1. The second kappa shape index (κ2) is 7.57. The molecule has 24 heavy (non-hydrogen) atoms. The second-order valence-electron chi connectivity index (χ2n) is 5.73. The molecule has 5 nitrogen and oxygen atoms in total. The average Bonchev–Trinajstić information content (AvgIpc) is 2.57. The maximum Gasteiger partial charge on any atom is 0.322 e. The maximum atomic E-state index is 12.5. The molecule has 126 valence electrons. The number of pyridine rings is 1. The fourth-order valence-electron chi connectivity index (χ4n) is 2.79. The van der Waals surface area contributed by atoms with Crippen molar-refractivity contribution in [1.29, 1.82) is 0 Å². The highest BCUT2D eigenvalue weighted by atomic mass is 127. The minimum atomic E-state index is -0.0736. The summed E-state index contributed by atoms with van der Waals surface area (Å²) in [6.45, 7) is 4.08. The molecule has 1 atom stereocenters. The van der Waals surface area contributed by atoms with E-state index in [9.17, 15) is 4.79 Å². The van der Waals surface area contributed by atoms with E-state index in [0.29, 0.717) is 24.7 Å². The van der Waals surface area contributed by atoms with E-state index in [-0.39, 0.29) is 12.1 Å². The van der Waals surface area contributed by atoms with Gasteiger partial charge < -0.3 is 15.1 Å². The number of carbonyl (C=O) groups excluding carboxylic acids is 1. The molecule has 2 amide bonds. The van der Waals surface area contributed by atoms with Crippen LogP contribution in [0.15, 0.2) is 42.6 Å². The molecule has 7 heteroatoms. The van der Waals surface area contributed by atoms with Crippen molar-refractivity contribution < 1.29 is 4.79 Å². The van der Waals surface area contributed by atoms with Crippen molar-refractivity contribution in [3.8, 4) is 0 Å². The summed E-state index contributed by atoms with van der Waals surface area (Å²) in [7, 11) is 0. The Bertz CT molecular complexity index is 725. The third kappa shape index (κ3) is 3.92. The number of aromatic nitrogens is 1. The van der Waals surface area contributed by atoms with Gasteiger partial charge in [0.1, 0.15) is 5.82 Å². The molecule has 3 rings (SSSR count). The van der Waals surface area contributed by atoms with E-state index >= 15 is 0 Å². The Kier molecular flexibility index (Phi) is 5.45. The van der Waals surface area contributed by atoms with Crippen LogP contribution in [0.25, 0.3) is 0 Å². The standard InChI is InChI=1S/C17H18ClIN4O/c1-12-11-22(16-15(18)3-2-8-20-16)9-10-23(12)17(24)21-14-6-4-13(19)5-7-14/h2-8,12H,9-11H2,1H3,(H,21,24). The molecule has 1 N–H and O–H groups in total. The lowest BCUT2D eigenvalue weighted by Gasteiger charge is -2.40. The molecule has 1 fully saturated rings. The van der Waals surface area contributed by atoms with Crippen molar-refractivity contribution in [1.82, 2.24) is 9.88 Å². The first-order valence-corrected chi connectivity index (χ1v) is 9.19. The minimum absolute atomic E-state index is 0.0701. The number of rotatable bonds is 2. The van der Waals surface area contributed by atoms with Gasteiger partial charge in [-0.25, -0.2) is 9.78 Å². The van der Waals surface area contributed by atoms with Gasteiger partial charge in [-0.3, -0.25) is 0 Å². The van der Waals surface area contributed by atoms with Gasteiger partial charge in [0.05, 0.1) is 5.02 Å². The lowest BCUT2D eigenvalue weighted by molar-refractivity contribution is 0.184. The Morgan fingerprint density at radius 1 is 1.29 bits per heavy atom. The first-order valence-electron chi connectivity index (χ1n) is 7.73. The van der Waals surface area contributed by atoms with E-state index in [1.807, 2.05) is 48.2 Å². The zero-order valence-corrected chi connectivity index (χ0v) is 16.2. The highest BCUT2D eigenvalue weighted by Crippen LogP contribution is 2.25. The zero-order valence-electron chi connectivity index (χ0n) is 13.2.